The van der Waals surface area contributed by atoms with E-state index in [1.807, 2.05) is 6.07 Å². The lowest BCUT2D eigenvalue weighted by Crippen LogP contribution is -2.16. The minimum atomic E-state index is -0.683. The lowest BCUT2D eigenvalue weighted by Gasteiger charge is -2.18. The Bertz CT molecular complexity index is 1730. The average molecular weight is 591 g/mol. The summed E-state index contributed by atoms with van der Waals surface area (Å²) in [6.07, 6.45) is 5.21. The number of unbranched alkanes of at least 4 members (excludes halogenated alkanes) is 2. The predicted octanol–water partition coefficient (Wildman–Crippen LogP) is 8.37. The van der Waals surface area contributed by atoms with Crippen LogP contribution in [-0.4, -0.2) is 39.4 Å². The monoisotopic (exact) mass is 590 g/mol. The molecule has 226 valence electrons. The van der Waals surface area contributed by atoms with Gasteiger partial charge in [0.05, 0.1) is 33.0 Å². The number of rotatable bonds is 14. The van der Waals surface area contributed by atoms with Crippen molar-refractivity contribution in [3.05, 3.63) is 119 Å². The number of carbonyl (C=O) groups is 2. The van der Waals surface area contributed by atoms with Crippen LogP contribution in [0.3, 0.4) is 0 Å². The highest BCUT2D eigenvalue weighted by Gasteiger charge is 2.27. The predicted molar refractivity (Wildman–Crippen MR) is 174 cm³/mol. The fourth-order valence-corrected chi connectivity index (χ4v) is 5.62. The third-order valence-corrected chi connectivity index (χ3v) is 7.86. The Kier molecular flexibility index (Phi) is 10.5. The second kappa shape index (κ2) is 15.1. The third kappa shape index (κ3) is 7.20. The smallest absolute Gasteiger partial charge is 0.342 e. The molecule has 0 spiro atoms. The summed E-state index contributed by atoms with van der Waals surface area (Å²) in [5.74, 6) is -0.721. The van der Waals surface area contributed by atoms with E-state index in [2.05, 4.69) is 78.9 Å². The minimum Gasteiger partial charge on any atom is -0.490 e. The standard InChI is InChI=1S/C38H38O6/c1-41-37(39)33-23-24-34(43-25-9-7-15-29-19-11-17-27-13-3-5-21-31(27)29)36(35(33)38(40)42-2)44-26-10-8-16-30-20-12-18-28-14-4-6-22-32(28)30/h3-6,11-14,17-24H,7-10,15-16,25-26H2,1-2H3. The first-order valence-corrected chi connectivity index (χ1v) is 15.1. The molecule has 0 heterocycles. The molecule has 0 amide bonds. The molecule has 0 aromatic heterocycles. The van der Waals surface area contributed by atoms with E-state index in [-0.39, 0.29) is 16.9 Å². The summed E-state index contributed by atoms with van der Waals surface area (Å²) in [5, 5.41) is 4.99. The molecule has 5 aromatic rings. The largest absolute Gasteiger partial charge is 0.490 e. The average Bonchev–Trinajstić information content (AvgIpc) is 3.07. The number of aryl methyl sites for hydroxylation is 2. The highest BCUT2D eigenvalue weighted by atomic mass is 16.5. The molecule has 0 aliphatic rings. The fraction of sp³-hybridized carbons (Fsp3) is 0.263. The van der Waals surface area contributed by atoms with E-state index >= 15 is 0 Å². The normalized spacial score (nSPS) is 11.0. The highest BCUT2D eigenvalue weighted by Crippen LogP contribution is 2.36. The van der Waals surface area contributed by atoms with Gasteiger partial charge in [-0.1, -0.05) is 84.9 Å². The molecular weight excluding hydrogens is 552 g/mol. The Labute approximate surface area is 258 Å². The van der Waals surface area contributed by atoms with Crippen molar-refractivity contribution in [1.29, 1.82) is 0 Å². The van der Waals surface area contributed by atoms with E-state index in [0.29, 0.717) is 19.0 Å². The van der Waals surface area contributed by atoms with Crippen molar-refractivity contribution in [2.24, 2.45) is 0 Å². The van der Waals surface area contributed by atoms with Gasteiger partial charge in [0.1, 0.15) is 5.56 Å². The molecule has 44 heavy (non-hydrogen) atoms. The number of fused-ring (bicyclic) bond motifs is 2. The molecular formula is C38H38O6. The van der Waals surface area contributed by atoms with E-state index in [0.717, 1.165) is 38.5 Å². The van der Waals surface area contributed by atoms with Gasteiger partial charge in [0.15, 0.2) is 11.5 Å². The first-order chi connectivity index (χ1) is 21.6. The first kappa shape index (κ1) is 30.6. The highest BCUT2D eigenvalue weighted by molar-refractivity contribution is 6.05. The van der Waals surface area contributed by atoms with Crippen LogP contribution >= 0.6 is 0 Å². The third-order valence-electron chi connectivity index (χ3n) is 7.86. The Morgan fingerprint density at radius 3 is 1.64 bits per heavy atom. The van der Waals surface area contributed by atoms with Crippen molar-refractivity contribution in [2.45, 2.75) is 38.5 Å². The second-order valence-electron chi connectivity index (χ2n) is 10.7. The van der Waals surface area contributed by atoms with Gasteiger partial charge in [-0.15, -0.1) is 0 Å². The molecule has 0 aliphatic carbocycles. The van der Waals surface area contributed by atoms with Crippen LogP contribution in [0.4, 0.5) is 0 Å². The van der Waals surface area contributed by atoms with Gasteiger partial charge in [-0.05, 0) is 83.3 Å². The Balaban J connectivity index is 1.25. The molecule has 0 bridgehead atoms. The lowest BCUT2D eigenvalue weighted by atomic mass is 10.0. The first-order valence-electron chi connectivity index (χ1n) is 15.1. The van der Waals surface area contributed by atoms with Crippen molar-refractivity contribution < 1.29 is 28.5 Å². The van der Waals surface area contributed by atoms with Crippen molar-refractivity contribution in [2.75, 3.05) is 27.4 Å². The molecule has 0 radical (unpaired) electrons. The molecule has 0 saturated carbocycles. The molecule has 0 fully saturated rings. The number of hydrogen-bond donors (Lipinski definition) is 0. The molecule has 5 rings (SSSR count). The van der Waals surface area contributed by atoms with Crippen LogP contribution in [-0.2, 0) is 22.3 Å². The van der Waals surface area contributed by atoms with Crippen LogP contribution in [0.1, 0.15) is 57.5 Å². The molecule has 5 aromatic carbocycles. The number of methoxy groups -OCH3 is 2. The molecule has 0 N–H and O–H groups in total. The van der Waals surface area contributed by atoms with Crippen molar-refractivity contribution in [3.8, 4) is 11.5 Å². The van der Waals surface area contributed by atoms with Gasteiger partial charge in [-0.3, -0.25) is 0 Å². The molecule has 0 saturated heterocycles. The van der Waals surface area contributed by atoms with E-state index < -0.39 is 11.9 Å². The van der Waals surface area contributed by atoms with Crippen LogP contribution in [0.15, 0.2) is 97.1 Å². The van der Waals surface area contributed by atoms with E-state index in [1.54, 1.807) is 6.07 Å². The summed E-state index contributed by atoms with van der Waals surface area (Å²) < 4.78 is 22.3. The Hall–Kier alpha value is -4.84. The summed E-state index contributed by atoms with van der Waals surface area (Å²) in [4.78, 5) is 25.5. The van der Waals surface area contributed by atoms with Gasteiger partial charge in [-0.2, -0.15) is 0 Å². The van der Waals surface area contributed by atoms with Gasteiger partial charge < -0.3 is 18.9 Å². The molecule has 0 atom stereocenters. The van der Waals surface area contributed by atoms with E-state index in [4.69, 9.17) is 18.9 Å². The fourth-order valence-electron chi connectivity index (χ4n) is 5.62. The van der Waals surface area contributed by atoms with Gasteiger partial charge in [0, 0.05) is 0 Å². The van der Waals surface area contributed by atoms with Gasteiger partial charge >= 0.3 is 11.9 Å². The minimum absolute atomic E-state index is 0.0154. The van der Waals surface area contributed by atoms with Crippen molar-refractivity contribution in [3.63, 3.8) is 0 Å². The zero-order chi connectivity index (χ0) is 30.7. The van der Waals surface area contributed by atoms with Crippen LogP contribution in [0.2, 0.25) is 0 Å². The van der Waals surface area contributed by atoms with Crippen LogP contribution < -0.4 is 9.47 Å². The van der Waals surface area contributed by atoms with Crippen molar-refractivity contribution in [1.82, 2.24) is 0 Å². The second-order valence-corrected chi connectivity index (χ2v) is 10.7. The molecule has 0 aliphatic heterocycles. The Morgan fingerprint density at radius 1 is 0.545 bits per heavy atom. The molecule has 6 heteroatoms. The van der Waals surface area contributed by atoms with E-state index in [9.17, 15) is 9.59 Å². The molecule has 6 nitrogen and oxygen atoms in total. The van der Waals surface area contributed by atoms with Crippen molar-refractivity contribution >= 4 is 33.5 Å². The summed E-state index contributed by atoms with van der Waals surface area (Å²) in [7, 11) is 2.55. The molecule has 0 unspecified atom stereocenters. The number of benzene rings is 5. The van der Waals surface area contributed by atoms with Crippen LogP contribution in [0.25, 0.3) is 21.5 Å². The number of hydrogen-bond acceptors (Lipinski definition) is 6. The number of esters is 2. The number of ether oxygens (including phenoxy) is 4. The lowest BCUT2D eigenvalue weighted by molar-refractivity contribution is 0.0550. The Morgan fingerprint density at radius 2 is 1.07 bits per heavy atom. The summed E-state index contributed by atoms with van der Waals surface area (Å²) >= 11 is 0. The zero-order valence-corrected chi connectivity index (χ0v) is 25.3. The summed E-state index contributed by atoms with van der Waals surface area (Å²) in [5.41, 5.74) is 2.69. The summed E-state index contributed by atoms with van der Waals surface area (Å²) in [6, 6.07) is 32.7. The maximum atomic E-state index is 12.9. The van der Waals surface area contributed by atoms with E-state index in [1.165, 1.54) is 53.0 Å². The SMILES string of the molecule is COC(=O)c1ccc(OCCCCc2cccc3ccccc23)c(OCCCCc2cccc3ccccc23)c1C(=O)OC. The quantitative estimate of drug-likeness (QED) is 0.0956. The van der Waals surface area contributed by atoms with Gasteiger partial charge in [-0.25, -0.2) is 9.59 Å². The maximum Gasteiger partial charge on any atom is 0.342 e. The van der Waals surface area contributed by atoms with Gasteiger partial charge in [0.2, 0.25) is 0 Å². The zero-order valence-electron chi connectivity index (χ0n) is 25.3. The van der Waals surface area contributed by atoms with Crippen LogP contribution in [0.5, 0.6) is 11.5 Å². The van der Waals surface area contributed by atoms with Crippen LogP contribution in [0, 0.1) is 0 Å². The summed E-state index contributed by atoms with van der Waals surface area (Å²) in [6.45, 7) is 0.775. The maximum absolute atomic E-state index is 12.9. The number of carbonyl (C=O) groups excluding carboxylic acids is 2. The van der Waals surface area contributed by atoms with Gasteiger partial charge in [0.25, 0.3) is 0 Å². The topological polar surface area (TPSA) is 71.1 Å².